The van der Waals surface area contributed by atoms with Crippen molar-refractivity contribution < 1.29 is 24.0 Å². The van der Waals surface area contributed by atoms with Crippen LogP contribution >= 0.6 is 0 Å². The molecule has 2 heterocycles. The molecule has 0 saturated carbocycles. The summed E-state index contributed by atoms with van der Waals surface area (Å²) in [4.78, 5) is 40.6. The number of nitrogens with zero attached hydrogens (tertiary/aromatic N) is 3. The van der Waals surface area contributed by atoms with E-state index in [1.807, 2.05) is 6.92 Å². The smallest absolute Gasteiger partial charge is 0.366 e. The van der Waals surface area contributed by atoms with E-state index < -0.39 is 17.0 Å². The first-order valence-electron chi connectivity index (χ1n) is 9.23. The highest BCUT2D eigenvalue weighted by Crippen LogP contribution is 2.35. The minimum Gasteiger partial charge on any atom is -0.474 e. The normalized spacial score (nSPS) is 15.7. The standard InChI is InChI=1S/C20H21N3O6/c1-4-15-19(24)22(18-16(29-15)9-10-17(21-18)23(26)27)11-13-5-7-14(8-6-13)20(25)28-12(2)3/h5-10,12,15H,4,11H2,1-3H3. The summed E-state index contributed by atoms with van der Waals surface area (Å²) in [5, 5.41) is 11.1. The number of rotatable bonds is 6. The summed E-state index contributed by atoms with van der Waals surface area (Å²) in [5.41, 5.74) is 1.13. The molecule has 0 radical (unpaired) electrons. The number of benzene rings is 1. The van der Waals surface area contributed by atoms with Gasteiger partial charge in [0.2, 0.25) is 0 Å². The van der Waals surface area contributed by atoms with E-state index in [1.165, 1.54) is 17.0 Å². The van der Waals surface area contributed by atoms with Gasteiger partial charge in [-0.05, 0) is 53.9 Å². The van der Waals surface area contributed by atoms with Crippen LogP contribution < -0.4 is 9.64 Å². The highest BCUT2D eigenvalue weighted by atomic mass is 16.6. The van der Waals surface area contributed by atoms with E-state index in [0.29, 0.717) is 17.7 Å². The zero-order chi connectivity index (χ0) is 21.1. The third-order valence-corrected chi connectivity index (χ3v) is 4.32. The highest BCUT2D eigenvalue weighted by Gasteiger charge is 2.38. The number of aromatic nitrogens is 1. The Kier molecular flexibility index (Phi) is 5.76. The number of nitro groups is 1. The van der Waals surface area contributed by atoms with Gasteiger partial charge in [-0.2, -0.15) is 0 Å². The lowest BCUT2D eigenvalue weighted by Crippen LogP contribution is -2.45. The Hall–Kier alpha value is -3.49. The van der Waals surface area contributed by atoms with Gasteiger partial charge in [0.05, 0.1) is 18.2 Å². The number of hydrogen-bond donors (Lipinski definition) is 0. The van der Waals surface area contributed by atoms with Crippen LogP contribution in [0.3, 0.4) is 0 Å². The van der Waals surface area contributed by atoms with Crippen LogP contribution in [0.2, 0.25) is 0 Å². The van der Waals surface area contributed by atoms with Gasteiger partial charge in [0.15, 0.2) is 11.9 Å². The first-order chi connectivity index (χ1) is 13.8. The van der Waals surface area contributed by atoms with E-state index >= 15 is 0 Å². The second kappa shape index (κ2) is 8.26. The summed E-state index contributed by atoms with van der Waals surface area (Å²) < 4.78 is 10.8. The fourth-order valence-electron chi connectivity index (χ4n) is 2.92. The van der Waals surface area contributed by atoms with Gasteiger partial charge < -0.3 is 19.6 Å². The summed E-state index contributed by atoms with van der Waals surface area (Å²) in [7, 11) is 0. The molecule has 1 atom stereocenters. The zero-order valence-corrected chi connectivity index (χ0v) is 16.3. The van der Waals surface area contributed by atoms with Crippen molar-refractivity contribution in [1.82, 2.24) is 4.98 Å². The fourth-order valence-corrected chi connectivity index (χ4v) is 2.92. The summed E-state index contributed by atoms with van der Waals surface area (Å²) in [6.07, 6.45) is -0.463. The molecule has 1 unspecified atom stereocenters. The zero-order valence-electron chi connectivity index (χ0n) is 16.3. The molecule has 0 aliphatic carbocycles. The molecule has 0 bridgehead atoms. The number of esters is 1. The van der Waals surface area contributed by atoms with Crippen LogP contribution in [0.25, 0.3) is 0 Å². The number of fused-ring (bicyclic) bond motifs is 1. The maximum Gasteiger partial charge on any atom is 0.366 e. The van der Waals surface area contributed by atoms with Crippen LogP contribution in [0.1, 0.15) is 43.1 Å². The monoisotopic (exact) mass is 399 g/mol. The molecule has 0 spiro atoms. The van der Waals surface area contributed by atoms with Crippen molar-refractivity contribution in [3.05, 3.63) is 57.6 Å². The molecule has 3 rings (SSSR count). The Labute approximate surface area is 167 Å². The van der Waals surface area contributed by atoms with E-state index in [2.05, 4.69) is 4.98 Å². The van der Waals surface area contributed by atoms with Crippen molar-refractivity contribution in [3.63, 3.8) is 0 Å². The predicted molar refractivity (Wildman–Crippen MR) is 104 cm³/mol. The molecule has 2 aromatic rings. The van der Waals surface area contributed by atoms with Crippen molar-refractivity contribution in [1.29, 1.82) is 0 Å². The molecule has 9 nitrogen and oxygen atoms in total. The SMILES string of the molecule is CCC1Oc2ccc([N+](=O)[O-])nc2N(Cc2ccc(C(=O)OC(C)C)cc2)C1=O. The van der Waals surface area contributed by atoms with E-state index in [0.717, 1.165) is 5.56 Å². The van der Waals surface area contributed by atoms with Crippen molar-refractivity contribution in [2.45, 2.75) is 45.9 Å². The third-order valence-electron chi connectivity index (χ3n) is 4.32. The number of carbonyl (C=O) groups excluding carboxylic acids is 2. The molecule has 1 amide bonds. The van der Waals surface area contributed by atoms with Crippen LogP contribution in [-0.4, -0.2) is 34.0 Å². The summed E-state index contributed by atoms with van der Waals surface area (Å²) in [6, 6.07) is 9.34. The van der Waals surface area contributed by atoms with Gasteiger partial charge in [0.25, 0.3) is 11.7 Å². The minimum atomic E-state index is -0.689. The molecule has 1 aromatic heterocycles. The maximum absolute atomic E-state index is 12.8. The van der Waals surface area contributed by atoms with E-state index in [9.17, 15) is 19.7 Å². The Morgan fingerprint density at radius 2 is 1.97 bits per heavy atom. The molecule has 1 aliphatic heterocycles. The minimum absolute atomic E-state index is 0.109. The maximum atomic E-state index is 12.8. The molecule has 1 aromatic carbocycles. The third kappa shape index (κ3) is 4.34. The Morgan fingerprint density at radius 1 is 1.28 bits per heavy atom. The number of amides is 1. The number of pyridine rings is 1. The van der Waals surface area contributed by atoms with E-state index in [-0.39, 0.29) is 30.2 Å². The molecule has 29 heavy (non-hydrogen) atoms. The van der Waals surface area contributed by atoms with Gasteiger partial charge in [-0.1, -0.05) is 19.1 Å². The second-order valence-electron chi connectivity index (χ2n) is 6.84. The molecule has 152 valence electrons. The van der Waals surface area contributed by atoms with E-state index in [1.54, 1.807) is 38.1 Å². The topological polar surface area (TPSA) is 112 Å². The van der Waals surface area contributed by atoms with Crippen molar-refractivity contribution >= 4 is 23.5 Å². The average molecular weight is 399 g/mol. The van der Waals surface area contributed by atoms with Crippen LogP contribution in [0.15, 0.2) is 36.4 Å². The van der Waals surface area contributed by atoms with Gasteiger partial charge in [0.1, 0.15) is 0 Å². The van der Waals surface area contributed by atoms with Crippen molar-refractivity contribution in [2.75, 3.05) is 4.90 Å². The number of anilines is 1. The quantitative estimate of drug-likeness (QED) is 0.416. The highest BCUT2D eigenvalue weighted by molar-refractivity contribution is 5.99. The lowest BCUT2D eigenvalue weighted by atomic mass is 10.1. The van der Waals surface area contributed by atoms with Crippen molar-refractivity contribution in [2.24, 2.45) is 0 Å². The first kappa shape index (κ1) is 20.2. The van der Waals surface area contributed by atoms with Crippen LogP contribution in [0.4, 0.5) is 11.6 Å². The molecular weight excluding hydrogens is 378 g/mol. The van der Waals surface area contributed by atoms with Gasteiger partial charge in [-0.15, -0.1) is 0 Å². The molecule has 9 heteroatoms. The largest absolute Gasteiger partial charge is 0.474 e. The second-order valence-corrected chi connectivity index (χ2v) is 6.84. The predicted octanol–water partition coefficient (Wildman–Crippen LogP) is 3.26. The van der Waals surface area contributed by atoms with Gasteiger partial charge in [-0.25, -0.2) is 4.79 Å². The van der Waals surface area contributed by atoms with Gasteiger partial charge in [0, 0.05) is 6.07 Å². The number of carbonyl (C=O) groups is 2. The lowest BCUT2D eigenvalue weighted by molar-refractivity contribution is -0.389. The van der Waals surface area contributed by atoms with E-state index in [4.69, 9.17) is 9.47 Å². The van der Waals surface area contributed by atoms with Crippen LogP contribution in [-0.2, 0) is 16.1 Å². The molecule has 0 N–H and O–H groups in total. The Bertz CT molecular complexity index is 942. The Balaban J connectivity index is 1.89. The van der Waals surface area contributed by atoms with Gasteiger partial charge >= 0.3 is 11.8 Å². The van der Waals surface area contributed by atoms with Crippen LogP contribution in [0, 0.1) is 10.1 Å². The van der Waals surface area contributed by atoms with Crippen LogP contribution in [0.5, 0.6) is 5.75 Å². The molecule has 0 saturated heterocycles. The van der Waals surface area contributed by atoms with Crippen molar-refractivity contribution in [3.8, 4) is 5.75 Å². The average Bonchev–Trinajstić information content (AvgIpc) is 2.69. The number of ether oxygens (including phenoxy) is 2. The lowest BCUT2D eigenvalue weighted by Gasteiger charge is -2.30. The molecule has 1 aliphatic rings. The van der Waals surface area contributed by atoms with Gasteiger partial charge in [-0.3, -0.25) is 9.69 Å². The Morgan fingerprint density at radius 3 is 2.55 bits per heavy atom. The fraction of sp³-hybridized carbons (Fsp3) is 0.350. The molecule has 0 fully saturated rings. The summed E-state index contributed by atoms with van der Waals surface area (Å²) in [6.45, 7) is 5.49. The summed E-state index contributed by atoms with van der Waals surface area (Å²) >= 11 is 0. The first-order valence-corrected chi connectivity index (χ1v) is 9.23. The number of hydrogen-bond acceptors (Lipinski definition) is 7. The summed E-state index contributed by atoms with van der Waals surface area (Å²) in [5.74, 6) is -0.692. The molecular formula is C20H21N3O6.